The molecule has 0 radical (unpaired) electrons. The van der Waals surface area contributed by atoms with Gasteiger partial charge in [-0.1, -0.05) is 48.5 Å². The standard InChI is InChI=1S/C25H28N2O6S/c28-23(29)15-34-12-11-26-24(30)22-10-9-16(33-22)13-27-25(31)32-14-21-19-7-3-1-5-17(19)18-6-2-4-8-20(18)21/h1-8,16,21-22H,9-15H2,(H,26,30)(H,27,31)(H,28,29). The Morgan fingerprint density at radius 3 is 2.35 bits per heavy atom. The lowest BCUT2D eigenvalue weighted by Crippen LogP contribution is -2.38. The maximum absolute atomic E-state index is 12.3. The van der Waals surface area contributed by atoms with Gasteiger partial charge < -0.3 is 25.2 Å². The zero-order valence-corrected chi connectivity index (χ0v) is 19.5. The summed E-state index contributed by atoms with van der Waals surface area (Å²) in [6.07, 6.45) is -0.0779. The Kier molecular flexibility index (Phi) is 8.08. The molecule has 0 saturated carbocycles. The first-order chi connectivity index (χ1) is 16.5. The minimum absolute atomic E-state index is 0.00242. The average Bonchev–Trinajstić information content (AvgIpc) is 3.44. The summed E-state index contributed by atoms with van der Waals surface area (Å²) in [4.78, 5) is 35.0. The van der Waals surface area contributed by atoms with Gasteiger partial charge in [0.25, 0.3) is 0 Å². The molecule has 2 aromatic carbocycles. The molecule has 4 rings (SSSR count). The number of rotatable bonds is 10. The molecule has 2 atom stereocenters. The van der Waals surface area contributed by atoms with E-state index in [9.17, 15) is 14.4 Å². The largest absolute Gasteiger partial charge is 0.481 e. The van der Waals surface area contributed by atoms with Gasteiger partial charge in [-0.15, -0.1) is 11.8 Å². The highest BCUT2D eigenvalue weighted by Gasteiger charge is 2.31. The van der Waals surface area contributed by atoms with E-state index in [4.69, 9.17) is 14.6 Å². The molecule has 1 fully saturated rings. The molecule has 0 aromatic heterocycles. The highest BCUT2D eigenvalue weighted by molar-refractivity contribution is 7.99. The minimum atomic E-state index is -0.873. The molecule has 3 N–H and O–H groups in total. The lowest BCUT2D eigenvalue weighted by Gasteiger charge is -2.16. The van der Waals surface area contributed by atoms with E-state index in [1.807, 2.05) is 24.3 Å². The molecule has 1 saturated heterocycles. The maximum atomic E-state index is 12.3. The van der Waals surface area contributed by atoms with Crippen LogP contribution in [0.15, 0.2) is 48.5 Å². The van der Waals surface area contributed by atoms with E-state index in [2.05, 4.69) is 34.9 Å². The second-order valence-corrected chi connectivity index (χ2v) is 9.37. The fourth-order valence-corrected chi connectivity index (χ4v) is 4.98. The predicted octanol–water partition coefficient (Wildman–Crippen LogP) is 3.01. The molecule has 1 aliphatic carbocycles. The highest BCUT2D eigenvalue weighted by Crippen LogP contribution is 2.44. The first-order valence-electron chi connectivity index (χ1n) is 11.3. The van der Waals surface area contributed by atoms with Gasteiger partial charge in [-0.05, 0) is 35.1 Å². The second kappa shape index (κ2) is 11.4. The molecule has 180 valence electrons. The van der Waals surface area contributed by atoms with Crippen LogP contribution in [0.1, 0.15) is 29.9 Å². The number of benzene rings is 2. The van der Waals surface area contributed by atoms with Crippen molar-refractivity contribution in [1.29, 1.82) is 0 Å². The zero-order valence-electron chi connectivity index (χ0n) is 18.7. The van der Waals surface area contributed by atoms with Crippen molar-refractivity contribution in [2.45, 2.75) is 31.0 Å². The van der Waals surface area contributed by atoms with Gasteiger partial charge >= 0.3 is 12.1 Å². The van der Waals surface area contributed by atoms with Crippen molar-refractivity contribution in [2.24, 2.45) is 0 Å². The third-order valence-electron chi connectivity index (χ3n) is 5.99. The van der Waals surface area contributed by atoms with Crippen LogP contribution in [0.4, 0.5) is 4.79 Å². The molecule has 34 heavy (non-hydrogen) atoms. The topological polar surface area (TPSA) is 114 Å². The minimum Gasteiger partial charge on any atom is -0.481 e. The molecular formula is C25H28N2O6S. The number of amides is 2. The Balaban J connectivity index is 1.18. The normalized spacial score (nSPS) is 18.7. The summed E-state index contributed by atoms with van der Waals surface area (Å²) in [5, 5.41) is 14.1. The summed E-state index contributed by atoms with van der Waals surface area (Å²) in [6.45, 7) is 0.907. The lowest BCUT2D eigenvalue weighted by atomic mass is 9.98. The molecule has 1 aliphatic heterocycles. The summed E-state index contributed by atoms with van der Waals surface area (Å²) in [5.41, 5.74) is 4.67. The van der Waals surface area contributed by atoms with Gasteiger partial charge in [0.05, 0.1) is 11.9 Å². The highest BCUT2D eigenvalue weighted by atomic mass is 32.2. The molecule has 9 heteroatoms. The monoisotopic (exact) mass is 484 g/mol. The number of hydrogen-bond donors (Lipinski definition) is 3. The number of nitrogens with one attached hydrogen (secondary N) is 2. The number of hydrogen-bond acceptors (Lipinski definition) is 6. The number of ether oxygens (including phenoxy) is 2. The number of alkyl carbamates (subject to hydrolysis) is 1. The summed E-state index contributed by atoms with van der Waals surface area (Å²) in [7, 11) is 0. The quantitative estimate of drug-likeness (QED) is 0.444. The number of carbonyl (C=O) groups is 3. The average molecular weight is 485 g/mol. The van der Waals surface area contributed by atoms with Crippen LogP contribution in [0.25, 0.3) is 11.1 Å². The number of aliphatic carboxylic acids is 1. The van der Waals surface area contributed by atoms with E-state index >= 15 is 0 Å². The number of thioether (sulfide) groups is 1. The van der Waals surface area contributed by atoms with Crippen molar-refractivity contribution in [3.63, 3.8) is 0 Å². The van der Waals surface area contributed by atoms with E-state index in [0.29, 0.717) is 25.1 Å². The summed E-state index contributed by atoms with van der Waals surface area (Å²) >= 11 is 1.25. The van der Waals surface area contributed by atoms with Crippen LogP contribution in [-0.2, 0) is 19.1 Å². The van der Waals surface area contributed by atoms with Crippen LogP contribution in [-0.4, -0.2) is 66.5 Å². The third-order valence-corrected chi connectivity index (χ3v) is 6.93. The van der Waals surface area contributed by atoms with Gasteiger partial charge in [0.15, 0.2) is 0 Å². The predicted molar refractivity (Wildman–Crippen MR) is 129 cm³/mol. The molecule has 2 aliphatic rings. The molecular weight excluding hydrogens is 456 g/mol. The van der Waals surface area contributed by atoms with Crippen molar-refractivity contribution in [2.75, 3.05) is 31.2 Å². The van der Waals surface area contributed by atoms with Gasteiger partial charge in [-0.3, -0.25) is 9.59 Å². The Hall–Kier alpha value is -3.04. The Morgan fingerprint density at radius 1 is 1.00 bits per heavy atom. The maximum Gasteiger partial charge on any atom is 0.407 e. The zero-order chi connectivity index (χ0) is 23.9. The number of fused-ring (bicyclic) bond motifs is 3. The van der Waals surface area contributed by atoms with Crippen LogP contribution in [0.5, 0.6) is 0 Å². The summed E-state index contributed by atoms with van der Waals surface area (Å²) in [6, 6.07) is 16.3. The smallest absolute Gasteiger partial charge is 0.407 e. The van der Waals surface area contributed by atoms with Gasteiger partial charge in [0.1, 0.15) is 12.7 Å². The van der Waals surface area contributed by atoms with Gasteiger partial charge in [0.2, 0.25) is 5.91 Å². The fourth-order valence-electron chi connectivity index (χ4n) is 4.42. The van der Waals surface area contributed by atoms with Crippen molar-refractivity contribution in [3.8, 4) is 11.1 Å². The Labute approximate surface area is 202 Å². The fraction of sp³-hybridized carbons (Fsp3) is 0.400. The first-order valence-corrected chi connectivity index (χ1v) is 12.5. The molecule has 0 spiro atoms. The van der Waals surface area contributed by atoms with Crippen LogP contribution in [0.3, 0.4) is 0 Å². The lowest BCUT2D eigenvalue weighted by molar-refractivity contribution is -0.134. The van der Waals surface area contributed by atoms with Crippen molar-refractivity contribution < 1.29 is 29.0 Å². The Bertz CT molecular complexity index is 1000. The van der Waals surface area contributed by atoms with Crippen LogP contribution < -0.4 is 10.6 Å². The molecule has 2 amide bonds. The van der Waals surface area contributed by atoms with E-state index < -0.39 is 18.2 Å². The van der Waals surface area contributed by atoms with E-state index in [1.165, 1.54) is 22.9 Å². The van der Waals surface area contributed by atoms with Gasteiger partial charge in [-0.2, -0.15) is 0 Å². The number of carboxylic acid groups (broad SMARTS) is 1. The molecule has 1 heterocycles. The summed E-state index contributed by atoms with van der Waals surface area (Å²) in [5.74, 6) is -0.541. The molecule has 8 nitrogen and oxygen atoms in total. The van der Waals surface area contributed by atoms with Crippen LogP contribution >= 0.6 is 11.8 Å². The van der Waals surface area contributed by atoms with Crippen molar-refractivity contribution in [3.05, 3.63) is 59.7 Å². The number of carboxylic acids is 1. The van der Waals surface area contributed by atoms with Crippen molar-refractivity contribution >= 4 is 29.7 Å². The summed E-state index contributed by atoms with van der Waals surface area (Å²) < 4.78 is 11.3. The van der Waals surface area contributed by atoms with Gasteiger partial charge in [-0.25, -0.2) is 4.79 Å². The van der Waals surface area contributed by atoms with Crippen LogP contribution in [0, 0.1) is 0 Å². The first kappa shape index (κ1) is 24.1. The van der Waals surface area contributed by atoms with Gasteiger partial charge in [0, 0.05) is 24.8 Å². The van der Waals surface area contributed by atoms with E-state index in [0.717, 1.165) is 11.1 Å². The van der Waals surface area contributed by atoms with Crippen molar-refractivity contribution in [1.82, 2.24) is 10.6 Å². The third kappa shape index (κ3) is 5.90. The molecule has 2 aromatic rings. The van der Waals surface area contributed by atoms with E-state index in [1.54, 1.807) is 0 Å². The number of carbonyl (C=O) groups excluding carboxylic acids is 2. The second-order valence-electron chi connectivity index (χ2n) is 8.27. The molecule has 2 unspecified atom stereocenters. The Morgan fingerprint density at radius 2 is 1.68 bits per heavy atom. The van der Waals surface area contributed by atoms with Crippen LogP contribution in [0.2, 0.25) is 0 Å². The van der Waals surface area contributed by atoms with E-state index in [-0.39, 0.29) is 36.8 Å². The molecule has 0 bridgehead atoms. The SMILES string of the molecule is O=C(O)CSCCNC(=O)C1CCC(CNC(=O)OCC2c3ccccc3-c3ccccc32)O1.